The Kier molecular flexibility index (Phi) is 6.74. The monoisotopic (exact) mass is 284 g/mol. The highest BCUT2D eigenvalue weighted by Crippen LogP contribution is 2.11. The molecule has 2 N–H and O–H groups in total. The van der Waals surface area contributed by atoms with E-state index in [1.165, 1.54) is 0 Å². The van der Waals surface area contributed by atoms with E-state index in [-0.39, 0.29) is 12.3 Å². The molecule has 5 nitrogen and oxygen atoms in total. The Morgan fingerprint density at radius 3 is 2.84 bits per heavy atom. The topological polar surface area (TPSA) is 67.4 Å². The maximum atomic E-state index is 11.3. The number of halogens is 1. The second-order valence-corrected chi connectivity index (χ2v) is 4.29. The number of hydrogen-bond acceptors (Lipinski definition) is 3. The number of imide groups is 1. The summed E-state index contributed by atoms with van der Waals surface area (Å²) in [7, 11) is 0. The molecule has 1 rings (SSSR count). The van der Waals surface area contributed by atoms with E-state index in [2.05, 4.69) is 10.6 Å². The van der Waals surface area contributed by atoms with Crippen LogP contribution in [0.4, 0.5) is 4.79 Å². The number of carbonyl (C=O) groups excluding carboxylic acids is 2. The lowest BCUT2D eigenvalue weighted by atomic mass is 10.2. The van der Waals surface area contributed by atoms with Gasteiger partial charge in [-0.2, -0.15) is 0 Å². The van der Waals surface area contributed by atoms with Crippen LogP contribution in [-0.4, -0.2) is 31.0 Å². The summed E-state index contributed by atoms with van der Waals surface area (Å²) in [5.41, 5.74) is 1.11. The first-order valence-electron chi connectivity index (χ1n) is 5.95. The van der Waals surface area contributed by atoms with Gasteiger partial charge in [-0.25, -0.2) is 4.79 Å². The first-order chi connectivity index (χ1) is 9.11. The number of aryl methyl sites for hydroxylation is 1. The second-order valence-electron chi connectivity index (χ2n) is 3.91. The molecule has 0 unspecified atom stereocenters. The molecule has 0 saturated heterocycles. The molecular formula is C13H17ClN2O3. The molecule has 1 aromatic rings. The predicted octanol–water partition coefficient (Wildman–Crippen LogP) is 1.83. The summed E-state index contributed by atoms with van der Waals surface area (Å²) in [5.74, 6) is 0.544. The van der Waals surface area contributed by atoms with Crippen molar-refractivity contribution in [1.82, 2.24) is 10.6 Å². The van der Waals surface area contributed by atoms with E-state index < -0.39 is 11.9 Å². The van der Waals surface area contributed by atoms with Crippen LogP contribution in [0.15, 0.2) is 24.3 Å². The molecular weight excluding hydrogens is 268 g/mol. The molecule has 0 bridgehead atoms. The molecule has 104 valence electrons. The average molecular weight is 285 g/mol. The Hall–Kier alpha value is -1.75. The quantitative estimate of drug-likeness (QED) is 0.619. The lowest BCUT2D eigenvalue weighted by Crippen LogP contribution is -2.41. The van der Waals surface area contributed by atoms with E-state index in [1.54, 1.807) is 0 Å². The normalized spacial score (nSPS) is 9.79. The summed E-state index contributed by atoms with van der Waals surface area (Å²) < 4.78 is 5.44. The van der Waals surface area contributed by atoms with E-state index in [1.807, 2.05) is 31.2 Å². The van der Waals surface area contributed by atoms with E-state index in [0.29, 0.717) is 13.2 Å². The highest BCUT2D eigenvalue weighted by molar-refractivity contribution is 6.19. The molecule has 0 atom stereocenters. The lowest BCUT2D eigenvalue weighted by Gasteiger charge is -2.08. The lowest BCUT2D eigenvalue weighted by molar-refractivity contribution is -0.119. The molecule has 0 saturated carbocycles. The van der Waals surface area contributed by atoms with Gasteiger partial charge < -0.3 is 10.1 Å². The third-order valence-electron chi connectivity index (χ3n) is 2.22. The maximum absolute atomic E-state index is 11.3. The summed E-state index contributed by atoms with van der Waals surface area (Å²) in [4.78, 5) is 22.3. The van der Waals surface area contributed by atoms with Gasteiger partial charge in [-0.1, -0.05) is 12.1 Å². The number of benzene rings is 1. The van der Waals surface area contributed by atoms with Crippen LogP contribution in [0.1, 0.15) is 12.0 Å². The summed E-state index contributed by atoms with van der Waals surface area (Å²) in [6.45, 7) is 2.62. The zero-order valence-electron chi connectivity index (χ0n) is 10.7. The molecule has 3 amide bonds. The molecule has 0 aromatic heterocycles. The Morgan fingerprint density at radius 1 is 1.37 bits per heavy atom. The number of rotatable bonds is 6. The van der Waals surface area contributed by atoms with Crippen LogP contribution in [0.25, 0.3) is 0 Å². The van der Waals surface area contributed by atoms with Crippen LogP contribution in [0.3, 0.4) is 0 Å². The summed E-state index contributed by atoms with van der Waals surface area (Å²) in [5, 5.41) is 4.68. The van der Waals surface area contributed by atoms with Crippen LogP contribution < -0.4 is 15.4 Å². The van der Waals surface area contributed by atoms with Crippen molar-refractivity contribution >= 4 is 23.5 Å². The predicted molar refractivity (Wildman–Crippen MR) is 73.6 cm³/mol. The van der Waals surface area contributed by atoms with Gasteiger partial charge in [0.15, 0.2) is 0 Å². The average Bonchev–Trinajstić information content (AvgIpc) is 2.35. The molecule has 19 heavy (non-hydrogen) atoms. The number of amides is 3. The van der Waals surface area contributed by atoms with Crippen LogP contribution in [-0.2, 0) is 4.79 Å². The van der Waals surface area contributed by atoms with Crippen LogP contribution in [0.5, 0.6) is 5.75 Å². The van der Waals surface area contributed by atoms with Gasteiger partial charge >= 0.3 is 6.03 Å². The highest BCUT2D eigenvalue weighted by atomic mass is 35.5. The zero-order valence-corrected chi connectivity index (χ0v) is 11.5. The van der Waals surface area contributed by atoms with E-state index >= 15 is 0 Å². The van der Waals surface area contributed by atoms with Gasteiger partial charge in [0, 0.05) is 12.3 Å². The molecule has 0 aliphatic rings. The second kappa shape index (κ2) is 8.37. The molecule has 6 heteroatoms. The number of hydrogen-bond donors (Lipinski definition) is 2. The smallest absolute Gasteiger partial charge is 0.321 e. The van der Waals surface area contributed by atoms with Crippen LogP contribution >= 0.6 is 11.6 Å². The highest BCUT2D eigenvalue weighted by Gasteiger charge is 2.05. The molecule has 0 fully saturated rings. The van der Waals surface area contributed by atoms with Gasteiger partial charge in [0.1, 0.15) is 12.4 Å². The molecule has 0 spiro atoms. The molecule has 0 radical (unpaired) electrons. The third kappa shape index (κ3) is 6.67. The van der Waals surface area contributed by atoms with Gasteiger partial charge in [0.25, 0.3) is 0 Å². The fourth-order valence-corrected chi connectivity index (χ4v) is 1.53. The zero-order chi connectivity index (χ0) is 14.1. The van der Waals surface area contributed by atoms with Crippen LogP contribution in [0.2, 0.25) is 0 Å². The van der Waals surface area contributed by atoms with Gasteiger partial charge in [-0.05, 0) is 24.6 Å². The Labute approximate surface area is 117 Å². The van der Waals surface area contributed by atoms with E-state index in [9.17, 15) is 9.59 Å². The maximum Gasteiger partial charge on any atom is 0.321 e. The number of urea groups is 1. The van der Waals surface area contributed by atoms with Gasteiger partial charge in [0.05, 0.1) is 6.54 Å². The van der Waals surface area contributed by atoms with Crippen molar-refractivity contribution in [2.45, 2.75) is 13.3 Å². The largest absolute Gasteiger partial charge is 0.492 e. The van der Waals surface area contributed by atoms with Crippen molar-refractivity contribution in [3.05, 3.63) is 29.8 Å². The van der Waals surface area contributed by atoms with Crippen molar-refractivity contribution in [2.24, 2.45) is 0 Å². The Bertz CT molecular complexity index is 438. The van der Waals surface area contributed by atoms with Crippen molar-refractivity contribution in [1.29, 1.82) is 0 Å². The standard InChI is InChI=1S/C13H17ClN2O3/c1-10-3-2-4-11(9-10)19-8-7-15-13(18)16-12(17)5-6-14/h2-4,9H,5-8H2,1H3,(H2,15,16,17,18). The minimum Gasteiger partial charge on any atom is -0.492 e. The van der Waals surface area contributed by atoms with Gasteiger partial charge in [0.2, 0.25) is 5.91 Å². The van der Waals surface area contributed by atoms with Crippen molar-refractivity contribution in [2.75, 3.05) is 19.0 Å². The van der Waals surface area contributed by atoms with Crippen molar-refractivity contribution < 1.29 is 14.3 Å². The van der Waals surface area contributed by atoms with Gasteiger partial charge in [-0.15, -0.1) is 11.6 Å². The summed E-state index contributed by atoms with van der Waals surface area (Å²) in [6, 6.07) is 7.08. The van der Waals surface area contributed by atoms with Crippen LogP contribution in [0, 0.1) is 6.92 Å². The van der Waals surface area contributed by atoms with E-state index in [0.717, 1.165) is 11.3 Å². The fourth-order valence-electron chi connectivity index (χ4n) is 1.36. The number of ether oxygens (including phenoxy) is 1. The molecule has 0 aliphatic heterocycles. The van der Waals surface area contributed by atoms with Crippen molar-refractivity contribution in [3.8, 4) is 5.75 Å². The van der Waals surface area contributed by atoms with Gasteiger partial charge in [-0.3, -0.25) is 10.1 Å². The molecule has 1 aromatic carbocycles. The minimum absolute atomic E-state index is 0.120. The molecule has 0 aliphatic carbocycles. The van der Waals surface area contributed by atoms with E-state index in [4.69, 9.17) is 16.3 Å². The Balaban J connectivity index is 2.17. The Morgan fingerprint density at radius 2 is 2.16 bits per heavy atom. The SMILES string of the molecule is Cc1cccc(OCCNC(=O)NC(=O)CCCl)c1. The molecule has 0 heterocycles. The fraction of sp³-hybridized carbons (Fsp3) is 0.385. The summed E-state index contributed by atoms with van der Waals surface area (Å²) >= 11 is 5.37. The van der Waals surface area contributed by atoms with Crippen molar-refractivity contribution in [3.63, 3.8) is 0 Å². The first kappa shape index (κ1) is 15.3. The third-order valence-corrected chi connectivity index (χ3v) is 2.41. The number of carbonyl (C=O) groups is 2. The minimum atomic E-state index is -0.539. The number of nitrogens with one attached hydrogen (secondary N) is 2. The number of alkyl halides is 1. The first-order valence-corrected chi connectivity index (χ1v) is 6.48. The summed E-state index contributed by atoms with van der Waals surface area (Å²) in [6.07, 6.45) is 0.120.